The quantitative estimate of drug-likeness (QED) is 0.318. The smallest absolute Gasteiger partial charge is 0.0346 e. The SMILES string of the molecule is C=C(N)/C=C\C(=C)c1ccc2c(c1)C1C(C)=C(/C=C\C)C2c2cc(-c3ccc(N)cc3)ccc21. The first-order valence-electron chi connectivity index (χ1n) is 11.7. The molecule has 0 heterocycles. The fourth-order valence-electron chi connectivity index (χ4n) is 5.47. The maximum absolute atomic E-state index is 5.92. The van der Waals surface area contributed by atoms with Gasteiger partial charge in [-0.3, -0.25) is 0 Å². The summed E-state index contributed by atoms with van der Waals surface area (Å²) >= 11 is 0. The molecule has 0 saturated carbocycles. The highest BCUT2D eigenvalue weighted by Gasteiger charge is 2.40. The molecule has 34 heavy (non-hydrogen) atoms. The zero-order chi connectivity index (χ0) is 24.0. The summed E-state index contributed by atoms with van der Waals surface area (Å²) in [6.45, 7) is 12.4. The predicted octanol–water partition coefficient (Wildman–Crippen LogP) is 7.46. The molecule has 2 unspecified atom stereocenters. The number of benzene rings is 3. The van der Waals surface area contributed by atoms with E-state index in [4.69, 9.17) is 11.5 Å². The molecular weight excluding hydrogens is 412 g/mol. The first-order chi connectivity index (χ1) is 16.4. The second kappa shape index (κ2) is 8.39. The van der Waals surface area contributed by atoms with E-state index >= 15 is 0 Å². The molecule has 0 saturated heterocycles. The highest BCUT2D eigenvalue weighted by molar-refractivity contribution is 5.77. The molecule has 3 aromatic carbocycles. The first kappa shape index (κ1) is 21.8. The topological polar surface area (TPSA) is 52.0 Å². The van der Waals surface area contributed by atoms with Gasteiger partial charge in [0.2, 0.25) is 0 Å². The van der Waals surface area contributed by atoms with Crippen molar-refractivity contribution in [3.05, 3.63) is 143 Å². The normalized spacial score (nSPS) is 18.4. The maximum Gasteiger partial charge on any atom is 0.0346 e. The first-order valence-corrected chi connectivity index (χ1v) is 11.7. The number of nitrogens with two attached hydrogens (primary N) is 2. The van der Waals surface area contributed by atoms with Crippen molar-refractivity contribution in [2.45, 2.75) is 25.7 Å². The number of anilines is 1. The van der Waals surface area contributed by atoms with Crippen LogP contribution in [0, 0.1) is 0 Å². The highest BCUT2D eigenvalue weighted by atomic mass is 14.5. The van der Waals surface area contributed by atoms with Crippen LogP contribution in [0.2, 0.25) is 0 Å². The largest absolute Gasteiger partial charge is 0.399 e. The van der Waals surface area contributed by atoms with Gasteiger partial charge in [-0.1, -0.05) is 73.4 Å². The molecule has 0 amide bonds. The van der Waals surface area contributed by atoms with Gasteiger partial charge in [-0.2, -0.15) is 0 Å². The third kappa shape index (κ3) is 3.52. The molecule has 2 heteroatoms. The van der Waals surface area contributed by atoms with Crippen LogP contribution >= 0.6 is 0 Å². The molecule has 0 aromatic heterocycles. The summed E-state index contributed by atoms with van der Waals surface area (Å²) in [5.74, 6) is 0.462. The highest BCUT2D eigenvalue weighted by Crippen LogP contribution is 2.56. The van der Waals surface area contributed by atoms with Crippen LogP contribution in [0.25, 0.3) is 16.7 Å². The third-order valence-electron chi connectivity index (χ3n) is 7.08. The van der Waals surface area contributed by atoms with Crippen LogP contribution in [-0.2, 0) is 0 Å². The lowest BCUT2D eigenvalue weighted by Gasteiger charge is -2.43. The zero-order valence-electron chi connectivity index (χ0n) is 19.8. The number of rotatable bonds is 5. The summed E-state index contributed by atoms with van der Waals surface area (Å²) < 4.78 is 0. The third-order valence-corrected chi connectivity index (χ3v) is 7.08. The van der Waals surface area contributed by atoms with Gasteiger partial charge in [-0.15, -0.1) is 0 Å². The van der Waals surface area contributed by atoms with Crippen LogP contribution in [0.3, 0.4) is 0 Å². The molecule has 6 rings (SSSR count). The lowest BCUT2D eigenvalue weighted by atomic mass is 9.60. The van der Waals surface area contributed by atoms with Crippen LogP contribution in [-0.4, -0.2) is 0 Å². The van der Waals surface area contributed by atoms with E-state index in [-0.39, 0.29) is 11.8 Å². The van der Waals surface area contributed by atoms with Crippen LogP contribution in [0.4, 0.5) is 5.69 Å². The van der Waals surface area contributed by atoms with Gasteiger partial charge in [0.25, 0.3) is 0 Å². The van der Waals surface area contributed by atoms with Crippen molar-refractivity contribution in [1.82, 2.24) is 0 Å². The standard InChI is InChI=1S/C32H30N2/c1-5-6-26-21(4)31-27-16-12-24(22-9-13-25(34)14-10-22)18-30(27)32(26)28-15-11-23(17-29(28)31)19(2)7-8-20(3)33/h5-18,31-32H,2-3,33-34H2,1,4H3/b6-5-,8-7-. The molecular formula is C32H30N2. The lowest BCUT2D eigenvalue weighted by Crippen LogP contribution is -2.27. The number of hydrogen-bond acceptors (Lipinski definition) is 2. The van der Waals surface area contributed by atoms with Gasteiger partial charge in [0, 0.05) is 23.2 Å². The summed E-state index contributed by atoms with van der Waals surface area (Å²) in [7, 11) is 0. The molecule has 4 N–H and O–H groups in total. The number of nitrogen functional groups attached to an aromatic ring is 1. The van der Waals surface area contributed by atoms with Crippen molar-refractivity contribution in [3.8, 4) is 11.1 Å². The molecule has 0 fully saturated rings. The van der Waals surface area contributed by atoms with Crippen LogP contribution in [0.5, 0.6) is 0 Å². The van der Waals surface area contributed by atoms with Crippen molar-refractivity contribution < 1.29 is 0 Å². The lowest BCUT2D eigenvalue weighted by molar-refractivity contribution is 0.742. The van der Waals surface area contributed by atoms with Gasteiger partial charge >= 0.3 is 0 Å². The molecule has 0 radical (unpaired) electrons. The Morgan fingerprint density at radius 3 is 2.15 bits per heavy atom. The average molecular weight is 443 g/mol. The van der Waals surface area contributed by atoms with E-state index in [2.05, 4.69) is 87.7 Å². The van der Waals surface area contributed by atoms with E-state index in [1.165, 1.54) is 44.5 Å². The van der Waals surface area contributed by atoms with E-state index in [0.29, 0.717) is 5.70 Å². The second-order valence-corrected chi connectivity index (χ2v) is 9.25. The molecule has 3 aliphatic rings. The van der Waals surface area contributed by atoms with Crippen LogP contribution in [0.1, 0.15) is 53.5 Å². The Bertz CT molecular complexity index is 1410. The van der Waals surface area contributed by atoms with Crippen LogP contribution < -0.4 is 11.5 Å². The molecule has 2 bridgehead atoms. The van der Waals surface area contributed by atoms with Gasteiger partial charge in [0.15, 0.2) is 0 Å². The van der Waals surface area contributed by atoms with Crippen molar-refractivity contribution in [1.29, 1.82) is 0 Å². The Morgan fingerprint density at radius 2 is 1.44 bits per heavy atom. The molecule has 168 valence electrons. The summed E-state index contributed by atoms with van der Waals surface area (Å²) in [6.07, 6.45) is 8.18. The van der Waals surface area contributed by atoms with Gasteiger partial charge in [-0.25, -0.2) is 0 Å². The molecule has 2 nitrogen and oxygen atoms in total. The van der Waals surface area contributed by atoms with Crippen LogP contribution in [0.15, 0.2) is 115 Å². The van der Waals surface area contributed by atoms with E-state index in [9.17, 15) is 0 Å². The molecule has 3 aliphatic carbocycles. The summed E-state index contributed by atoms with van der Waals surface area (Å²) in [4.78, 5) is 0. The molecule has 2 atom stereocenters. The van der Waals surface area contributed by atoms with Gasteiger partial charge in [0.05, 0.1) is 0 Å². The molecule has 0 aliphatic heterocycles. The summed E-state index contributed by atoms with van der Waals surface area (Å²) in [5, 5.41) is 0. The minimum atomic E-state index is 0.224. The van der Waals surface area contributed by atoms with Gasteiger partial charge in [0.1, 0.15) is 0 Å². The molecule has 3 aromatic rings. The fraction of sp³-hybridized carbons (Fsp3) is 0.125. The van der Waals surface area contributed by atoms with E-state index in [0.717, 1.165) is 16.8 Å². The monoisotopic (exact) mass is 442 g/mol. The van der Waals surface area contributed by atoms with E-state index < -0.39 is 0 Å². The van der Waals surface area contributed by atoms with Crippen molar-refractivity contribution >= 4 is 11.3 Å². The summed E-state index contributed by atoms with van der Waals surface area (Å²) in [6, 6.07) is 21.8. The average Bonchev–Trinajstić information content (AvgIpc) is 2.83. The predicted molar refractivity (Wildman–Crippen MR) is 145 cm³/mol. The minimum absolute atomic E-state index is 0.224. The zero-order valence-corrected chi connectivity index (χ0v) is 19.8. The molecule has 0 spiro atoms. The second-order valence-electron chi connectivity index (χ2n) is 9.25. The fourth-order valence-corrected chi connectivity index (χ4v) is 5.47. The van der Waals surface area contributed by atoms with Crippen molar-refractivity contribution in [2.24, 2.45) is 5.73 Å². The Kier molecular flexibility index (Phi) is 5.37. The van der Waals surface area contributed by atoms with Crippen molar-refractivity contribution in [2.75, 3.05) is 5.73 Å². The maximum atomic E-state index is 5.92. The number of allylic oxidation sites excluding steroid dienone is 7. The van der Waals surface area contributed by atoms with E-state index in [1.54, 1.807) is 6.08 Å². The Balaban J connectivity index is 1.65. The number of hydrogen-bond donors (Lipinski definition) is 2. The van der Waals surface area contributed by atoms with Gasteiger partial charge < -0.3 is 11.5 Å². The van der Waals surface area contributed by atoms with Gasteiger partial charge in [-0.05, 0) is 94.3 Å². The Hall–Kier alpha value is -4.04. The van der Waals surface area contributed by atoms with E-state index in [1.807, 2.05) is 18.2 Å². The van der Waals surface area contributed by atoms with Crippen molar-refractivity contribution in [3.63, 3.8) is 0 Å². The summed E-state index contributed by atoms with van der Waals surface area (Å²) in [5.41, 5.74) is 25.8. The Labute approximate surface area is 202 Å². The minimum Gasteiger partial charge on any atom is -0.399 e. The Morgan fingerprint density at radius 1 is 0.794 bits per heavy atom.